The normalized spacial score (nSPS) is 40.1. The molecule has 0 amide bonds. The molecule has 5 heteroatoms. The highest BCUT2D eigenvalue weighted by atomic mass is 32.2. The number of rotatable bonds is 2. The van der Waals surface area contributed by atoms with Gasteiger partial charge in [-0.2, -0.15) is 0 Å². The second-order valence-corrected chi connectivity index (χ2v) is 12.2. The van der Waals surface area contributed by atoms with Gasteiger partial charge in [-0.1, -0.05) is 33.8 Å². The predicted molar refractivity (Wildman–Crippen MR) is 108 cm³/mol. The Balaban J connectivity index is 1.72. The fourth-order valence-electron chi connectivity index (χ4n) is 7.34. The second kappa shape index (κ2) is 5.73. The Hall–Kier alpha value is -1.07. The maximum atomic E-state index is 11.9. The fraction of sp³-hybridized carbons (Fsp3) is 0.727. The minimum absolute atomic E-state index is 0.00255. The molecule has 0 aliphatic heterocycles. The number of fused-ring (bicyclic) bond motifs is 5. The van der Waals surface area contributed by atoms with Crippen molar-refractivity contribution in [3.05, 3.63) is 29.3 Å². The number of aromatic hydroxyl groups is 1. The zero-order chi connectivity index (χ0) is 19.8. The highest BCUT2D eigenvalue weighted by Crippen LogP contribution is 2.67. The molecule has 0 radical (unpaired) electrons. The van der Waals surface area contributed by atoms with Crippen LogP contribution >= 0.6 is 0 Å². The number of sulfonamides is 1. The third-order valence-corrected chi connectivity index (χ3v) is 9.28. The third-order valence-electron chi connectivity index (χ3n) is 8.57. The minimum atomic E-state index is -3.21. The molecule has 0 saturated heterocycles. The Bertz CT molecular complexity index is 878. The average molecular weight is 392 g/mol. The van der Waals surface area contributed by atoms with Gasteiger partial charge in [0.2, 0.25) is 10.0 Å². The largest absolute Gasteiger partial charge is 0.508 e. The van der Waals surface area contributed by atoms with Crippen LogP contribution in [0.4, 0.5) is 0 Å². The molecule has 0 heterocycles. The maximum Gasteiger partial charge on any atom is 0.208 e. The van der Waals surface area contributed by atoms with Crippen molar-refractivity contribution in [3.8, 4) is 5.75 Å². The molecule has 4 rings (SSSR count). The number of nitrogens with one attached hydrogen (secondary N) is 1. The van der Waals surface area contributed by atoms with E-state index < -0.39 is 10.0 Å². The van der Waals surface area contributed by atoms with E-state index >= 15 is 0 Å². The van der Waals surface area contributed by atoms with Crippen molar-refractivity contribution in [1.29, 1.82) is 0 Å². The first-order valence-corrected chi connectivity index (χ1v) is 12.1. The Morgan fingerprint density at radius 2 is 1.78 bits per heavy atom. The van der Waals surface area contributed by atoms with Gasteiger partial charge in [0, 0.05) is 6.04 Å². The second-order valence-electron chi connectivity index (χ2n) is 10.4. The minimum Gasteiger partial charge on any atom is -0.508 e. The van der Waals surface area contributed by atoms with Gasteiger partial charge >= 0.3 is 0 Å². The number of hydrogen-bond donors (Lipinski definition) is 2. The molecule has 0 bridgehead atoms. The smallest absolute Gasteiger partial charge is 0.208 e. The van der Waals surface area contributed by atoms with Crippen molar-refractivity contribution in [1.82, 2.24) is 4.72 Å². The average Bonchev–Trinajstić information content (AvgIpc) is 2.82. The molecule has 27 heavy (non-hydrogen) atoms. The molecule has 4 nitrogen and oxygen atoms in total. The fourth-order valence-corrected chi connectivity index (χ4v) is 8.27. The molecule has 0 aromatic heterocycles. The molecule has 3 aliphatic carbocycles. The van der Waals surface area contributed by atoms with Gasteiger partial charge in [0.25, 0.3) is 0 Å². The van der Waals surface area contributed by atoms with Gasteiger partial charge in [-0.05, 0) is 83.4 Å². The van der Waals surface area contributed by atoms with Gasteiger partial charge < -0.3 is 5.11 Å². The molecule has 2 N–H and O–H groups in total. The lowest BCUT2D eigenvalue weighted by Gasteiger charge is -2.63. The van der Waals surface area contributed by atoms with E-state index in [9.17, 15) is 13.5 Å². The van der Waals surface area contributed by atoms with E-state index in [2.05, 4.69) is 38.5 Å². The van der Waals surface area contributed by atoms with Crippen LogP contribution < -0.4 is 4.72 Å². The first-order chi connectivity index (χ1) is 12.4. The van der Waals surface area contributed by atoms with Crippen molar-refractivity contribution in [2.75, 3.05) is 6.26 Å². The summed E-state index contributed by atoms with van der Waals surface area (Å²) in [7, 11) is -3.21. The molecule has 5 atom stereocenters. The Kier molecular flexibility index (Phi) is 4.08. The maximum absolute atomic E-state index is 11.9. The van der Waals surface area contributed by atoms with E-state index in [-0.39, 0.29) is 22.3 Å². The zero-order valence-corrected chi connectivity index (χ0v) is 18.0. The highest BCUT2D eigenvalue weighted by molar-refractivity contribution is 7.88. The molecular weight excluding hydrogens is 358 g/mol. The number of phenols is 1. The number of benzene rings is 1. The zero-order valence-electron chi connectivity index (χ0n) is 17.2. The first kappa shape index (κ1) is 19.3. The summed E-state index contributed by atoms with van der Waals surface area (Å²) in [4.78, 5) is 0. The van der Waals surface area contributed by atoms with Gasteiger partial charge in [0.05, 0.1) is 6.26 Å². The SMILES string of the molecule is CC12CCC3C(C)(C)C(NS(C)(=O)=O)CCC3(C)C1Cc1cc(O)ccc12. The van der Waals surface area contributed by atoms with Crippen molar-refractivity contribution >= 4 is 10.0 Å². The summed E-state index contributed by atoms with van der Waals surface area (Å²) in [6.07, 6.45) is 6.49. The van der Waals surface area contributed by atoms with Crippen LogP contribution in [0.5, 0.6) is 5.75 Å². The van der Waals surface area contributed by atoms with Crippen molar-refractivity contribution < 1.29 is 13.5 Å². The van der Waals surface area contributed by atoms with Crippen LogP contribution in [0.3, 0.4) is 0 Å². The van der Waals surface area contributed by atoms with E-state index in [1.165, 1.54) is 17.4 Å². The summed E-state index contributed by atoms with van der Waals surface area (Å²) in [5.74, 6) is 1.39. The summed E-state index contributed by atoms with van der Waals surface area (Å²) in [6.45, 7) is 9.38. The molecule has 5 unspecified atom stereocenters. The van der Waals surface area contributed by atoms with Crippen LogP contribution in [0.1, 0.15) is 64.5 Å². The standard InChI is InChI=1S/C22H33NO3S/c1-20(2)17-8-10-21(3)16-7-6-15(24)12-14(16)13-18(21)22(17,4)11-9-19(20)23-27(5,25)26/h6-7,12,17-19,23-24H,8-11,13H2,1-5H3. The molecule has 0 spiro atoms. The lowest BCUT2D eigenvalue weighted by molar-refractivity contribution is -0.109. The van der Waals surface area contributed by atoms with E-state index in [1.54, 1.807) is 0 Å². The molecule has 1 aromatic carbocycles. The quantitative estimate of drug-likeness (QED) is 0.801. The summed E-state index contributed by atoms with van der Waals surface area (Å²) < 4.78 is 26.7. The van der Waals surface area contributed by atoms with Gasteiger partial charge in [-0.15, -0.1) is 0 Å². The van der Waals surface area contributed by atoms with Crippen LogP contribution in [-0.2, 0) is 21.9 Å². The Morgan fingerprint density at radius 3 is 2.44 bits per heavy atom. The van der Waals surface area contributed by atoms with Crippen LogP contribution in [0, 0.1) is 22.7 Å². The molecular formula is C22H33NO3S. The van der Waals surface area contributed by atoms with Crippen LogP contribution in [0.15, 0.2) is 18.2 Å². The van der Waals surface area contributed by atoms with E-state index in [1.807, 2.05) is 12.1 Å². The Labute approximate surface area is 163 Å². The summed E-state index contributed by atoms with van der Waals surface area (Å²) in [5, 5.41) is 9.97. The van der Waals surface area contributed by atoms with E-state index in [4.69, 9.17) is 0 Å². The van der Waals surface area contributed by atoms with Gasteiger partial charge in [0.1, 0.15) is 5.75 Å². The summed E-state index contributed by atoms with van der Waals surface area (Å²) in [5.41, 5.74) is 2.98. The summed E-state index contributed by atoms with van der Waals surface area (Å²) >= 11 is 0. The third kappa shape index (κ3) is 2.76. The summed E-state index contributed by atoms with van der Waals surface area (Å²) in [6, 6.07) is 5.93. The first-order valence-electron chi connectivity index (χ1n) is 10.2. The van der Waals surface area contributed by atoms with Crippen molar-refractivity contribution in [3.63, 3.8) is 0 Å². The number of hydrogen-bond acceptors (Lipinski definition) is 3. The van der Waals surface area contributed by atoms with Crippen molar-refractivity contribution in [2.45, 2.75) is 71.3 Å². The molecule has 2 saturated carbocycles. The van der Waals surface area contributed by atoms with Crippen LogP contribution in [0.2, 0.25) is 0 Å². The highest BCUT2D eigenvalue weighted by Gasteiger charge is 2.62. The Morgan fingerprint density at radius 1 is 1.07 bits per heavy atom. The monoisotopic (exact) mass is 391 g/mol. The number of phenolic OH excluding ortho intramolecular Hbond substituents is 1. The van der Waals surface area contributed by atoms with Crippen molar-refractivity contribution in [2.24, 2.45) is 22.7 Å². The van der Waals surface area contributed by atoms with E-state index in [0.29, 0.717) is 17.6 Å². The van der Waals surface area contributed by atoms with Gasteiger partial charge in [-0.3, -0.25) is 0 Å². The van der Waals surface area contributed by atoms with Gasteiger partial charge in [0.15, 0.2) is 0 Å². The molecule has 1 aromatic rings. The molecule has 2 fully saturated rings. The van der Waals surface area contributed by atoms with Crippen LogP contribution in [-0.4, -0.2) is 25.8 Å². The molecule has 150 valence electrons. The van der Waals surface area contributed by atoms with Gasteiger partial charge in [-0.25, -0.2) is 13.1 Å². The van der Waals surface area contributed by atoms with E-state index in [0.717, 1.165) is 32.1 Å². The lowest BCUT2D eigenvalue weighted by Crippen LogP contribution is -2.61. The van der Waals surface area contributed by atoms with Crippen LogP contribution in [0.25, 0.3) is 0 Å². The lowest BCUT2D eigenvalue weighted by atomic mass is 9.43. The molecule has 3 aliphatic rings. The predicted octanol–water partition coefficient (Wildman–Crippen LogP) is 3.98. The topological polar surface area (TPSA) is 66.4 Å².